The molecular formula is C98H114O21S22. The van der Waals surface area contributed by atoms with Crippen LogP contribution in [0.5, 0.6) is 46.0 Å². The van der Waals surface area contributed by atoms with E-state index in [1.807, 2.05) is 83.1 Å². The molecule has 764 valence electrons. The quantitative estimate of drug-likeness (QED) is 0.0165. The van der Waals surface area contributed by atoms with Crippen molar-refractivity contribution < 1.29 is 99.8 Å². The molecule has 12 aliphatic rings. The summed E-state index contributed by atoms with van der Waals surface area (Å²) in [5, 5.41) is 0. The molecule has 0 spiro atoms. The van der Waals surface area contributed by atoms with Gasteiger partial charge in [0.05, 0.1) is 118 Å². The highest BCUT2D eigenvalue weighted by molar-refractivity contribution is 8.25. The van der Waals surface area contributed by atoms with Gasteiger partial charge in [0.1, 0.15) is 9.79 Å². The van der Waals surface area contributed by atoms with Crippen LogP contribution in [0.25, 0.3) is 0 Å². The minimum Gasteiger partial charge on any atom is -0.465 e. The molecule has 0 fully saturated rings. The lowest BCUT2D eigenvalue weighted by Crippen LogP contribution is -2.48. The highest BCUT2D eigenvalue weighted by Gasteiger charge is 2.70. The van der Waals surface area contributed by atoms with Crippen LogP contribution < -0.4 is 37.9 Å². The summed E-state index contributed by atoms with van der Waals surface area (Å²) in [5.41, 5.74) is -1.61. The number of fused-ring (bicyclic) bond motifs is 12. The summed E-state index contributed by atoms with van der Waals surface area (Å²) in [7, 11) is 0. The predicted octanol–water partition coefficient (Wildman–Crippen LogP) is 30.4. The van der Waals surface area contributed by atoms with Crippen LogP contribution in [0.1, 0.15) is 241 Å². The molecule has 18 rings (SSSR count). The summed E-state index contributed by atoms with van der Waals surface area (Å²) < 4.78 is 105. The molecule has 0 atom stereocenters. The van der Waals surface area contributed by atoms with Crippen molar-refractivity contribution in [1.29, 1.82) is 0 Å². The van der Waals surface area contributed by atoms with Crippen LogP contribution >= 0.6 is 259 Å². The molecule has 0 unspecified atom stereocenters. The Labute approximate surface area is 920 Å². The standard InChI is InChI=1S/C98H114O21S22/c1-31-105-43(99)37-120-71-59-55(111-85(7,8)115-59)49(56-60(71)116-86(9,10)112-56)97(51-63-77(134-89(15,16)126-63)73(122-39-45(101)107-33-3)78-64(51)127-90(17,18)135-78,52-65-79(136-91(19,20)128-65)74(123-40-46(102)108-34-4)80-66(52)129-92(21,22)137-80)119-98(50-57-61(117-87(11,12)113-57)72(121-38-44(100)106-32-2)62-58(50)114-88(13,14)118-62,53-67-81(138-93(23,24)130-67)75(124-41-47(103)109-35-5)82-68(53)131-94(25,26)139-82)54-69-83(140-95(27,28)132-69)76(125-42-48(104)110-36-6)84-70(54)133-96(29,30)141-84/h31-42H2,1-30H3. The first kappa shape index (κ1) is 109. The zero-order valence-corrected chi connectivity index (χ0v) is 102. The van der Waals surface area contributed by atoms with Crippen LogP contribution in [0.3, 0.4) is 0 Å². The summed E-state index contributed by atoms with van der Waals surface area (Å²) in [6.07, 6.45) is 0. The van der Waals surface area contributed by atoms with E-state index in [-0.39, 0.29) is 144 Å². The van der Waals surface area contributed by atoms with E-state index in [0.29, 0.717) is 43.2 Å². The summed E-state index contributed by atoms with van der Waals surface area (Å²) in [4.78, 5) is 106. The lowest BCUT2D eigenvalue weighted by atomic mass is 9.73. The second kappa shape index (κ2) is 39.3. The van der Waals surface area contributed by atoms with Gasteiger partial charge >= 0.3 is 35.8 Å². The second-order valence-corrected chi connectivity index (χ2v) is 73.5. The van der Waals surface area contributed by atoms with Gasteiger partial charge in [-0.15, -0.1) is 259 Å². The third kappa shape index (κ3) is 20.7. The number of rotatable bonds is 32. The monoisotopic (exact) mass is 2330 g/mol. The van der Waals surface area contributed by atoms with Gasteiger partial charge in [0, 0.05) is 176 Å². The van der Waals surface area contributed by atoms with Crippen molar-refractivity contribution >= 4 is 295 Å². The van der Waals surface area contributed by atoms with Crippen LogP contribution in [-0.2, 0) is 73.1 Å². The van der Waals surface area contributed by atoms with Crippen molar-refractivity contribution in [2.45, 2.75) is 382 Å². The molecule has 12 aliphatic heterocycles. The molecule has 0 saturated heterocycles. The van der Waals surface area contributed by atoms with Crippen molar-refractivity contribution in [1.82, 2.24) is 0 Å². The highest BCUT2D eigenvalue weighted by atomic mass is 32.2. The Morgan fingerprint density at radius 1 is 0.206 bits per heavy atom. The molecule has 21 nitrogen and oxygen atoms in total. The smallest absolute Gasteiger partial charge is 0.316 e. The Kier molecular flexibility index (Phi) is 30.4. The van der Waals surface area contributed by atoms with Gasteiger partial charge in [0.15, 0.2) is 57.2 Å². The Morgan fingerprint density at radius 2 is 0.340 bits per heavy atom. The normalized spacial score (nSPS) is 20.5. The second-order valence-electron chi connectivity index (χ2n) is 39.4. The van der Waals surface area contributed by atoms with Crippen LogP contribution in [0.2, 0.25) is 0 Å². The first-order chi connectivity index (χ1) is 65.8. The molecule has 0 saturated carbocycles. The van der Waals surface area contributed by atoms with E-state index in [2.05, 4.69) is 111 Å². The van der Waals surface area contributed by atoms with Gasteiger partial charge < -0.3 is 71.1 Å². The van der Waals surface area contributed by atoms with E-state index < -0.39 is 78.9 Å². The Balaban J connectivity index is 1.22. The first-order valence-electron chi connectivity index (χ1n) is 46.2. The highest BCUT2D eigenvalue weighted by Crippen LogP contribution is 2.83. The molecule has 43 heteroatoms. The van der Waals surface area contributed by atoms with Crippen molar-refractivity contribution in [3.05, 3.63) is 33.4 Å². The molecule has 0 aromatic heterocycles. The number of hydrogen-bond donors (Lipinski definition) is 0. The maximum atomic E-state index is 14.7. The van der Waals surface area contributed by atoms with E-state index in [4.69, 9.17) is 66.3 Å². The zero-order chi connectivity index (χ0) is 102. The molecule has 6 aromatic rings. The van der Waals surface area contributed by atoms with Crippen LogP contribution in [0.15, 0.2) is 108 Å². The van der Waals surface area contributed by atoms with Gasteiger partial charge in [-0.2, -0.15) is 0 Å². The largest absolute Gasteiger partial charge is 0.465 e. The van der Waals surface area contributed by atoms with Gasteiger partial charge in [-0.1, -0.05) is 0 Å². The van der Waals surface area contributed by atoms with E-state index >= 15 is 0 Å². The molecule has 0 amide bonds. The van der Waals surface area contributed by atoms with Gasteiger partial charge in [-0.05, 0) is 152 Å². The van der Waals surface area contributed by atoms with Crippen molar-refractivity contribution in [2.24, 2.45) is 0 Å². The minimum absolute atomic E-state index is 0.0375. The number of hydrogen-bond acceptors (Lipinski definition) is 43. The van der Waals surface area contributed by atoms with E-state index in [0.717, 1.165) is 97.9 Å². The summed E-state index contributed by atoms with van der Waals surface area (Å²) in [6, 6.07) is 0. The fraction of sp³-hybridized carbons (Fsp3) is 0.571. The molecule has 0 N–H and O–H groups in total. The average molecular weight is 2330 g/mol. The van der Waals surface area contributed by atoms with Gasteiger partial charge in [0.2, 0.25) is 23.1 Å². The zero-order valence-electron chi connectivity index (χ0n) is 84.0. The molecule has 141 heavy (non-hydrogen) atoms. The number of benzene rings is 6. The van der Waals surface area contributed by atoms with Crippen molar-refractivity contribution in [3.63, 3.8) is 0 Å². The topological polar surface area (TPSA) is 241 Å². The number of thioether (sulfide) groups is 22. The van der Waals surface area contributed by atoms with E-state index in [9.17, 15) is 33.5 Å². The summed E-state index contributed by atoms with van der Waals surface area (Å²) >= 11 is 35.8. The predicted molar refractivity (Wildman–Crippen MR) is 591 cm³/mol. The third-order valence-corrected chi connectivity index (χ3v) is 52.4. The number of ether oxygens (including phenoxy) is 15. The average Bonchev–Trinajstić information content (AvgIpc) is 1.53. The van der Waals surface area contributed by atoms with E-state index in [1.165, 1.54) is 70.6 Å². The van der Waals surface area contributed by atoms with Gasteiger partial charge in [-0.25, -0.2) is 0 Å². The van der Waals surface area contributed by atoms with Gasteiger partial charge in [0.25, 0.3) is 0 Å². The summed E-state index contributed by atoms with van der Waals surface area (Å²) in [5.74, 6) is -7.65. The maximum Gasteiger partial charge on any atom is 0.316 e. The Hall–Kier alpha value is -1.80. The fourth-order valence-electron chi connectivity index (χ4n) is 18.3. The fourth-order valence-corrected chi connectivity index (χ4v) is 49.4. The van der Waals surface area contributed by atoms with Crippen molar-refractivity contribution in [2.75, 3.05) is 74.2 Å². The molecular weight excluding hydrogens is 2220 g/mol. The van der Waals surface area contributed by atoms with Crippen molar-refractivity contribution in [3.8, 4) is 46.0 Å². The Morgan fingerprint density at radius 3 is 0.489 bits per heavy atom. The van der Waals surface area contributed by atoms with Crippen LogP contribution in [0, 0.1) is 0 Å². The number of esters is 6. The van der Waals surface area contributed by atoms with Gasteiger partial charge in [-0.3, -0.25) is 28.8 Å². The maximum absolute atomic E-state index is 14.7. The number of carbonyl (C=O) groups excluding carboxylic acids is 6. The molecule has 0 aliphatic carbocycles. The summed E-state index contributed by atoms with van der Waals surface area (Å²) in [6.45, 7) is 62.9. The molecule has 0 radical (unpaired) electrons. The minimum atomic E-state index is -2.47. The first-order valence-corrected chi connectivity index (χ1v) is 65.2. The molecule has 6 aromatic carbocycles. The molecule has 12 heterocycles. The van der Waals surface area contributed by atoms with Crippen LogP contribution in [0.4, 0.5) is 0 Å². The Bertz CT molecular complexity index is 5070. The third-order valence-electron chi connectivity index (χ3n) is 22.3. The molecule has 0 bridgehead atoms. The van der Waals surface area contributed by atoms with E-state index in [1.54, 1.807) is 202 Å². The SMILES string of the molecule is CCOC(=O)CSc1c2c(c(C(OC(c3c4c(c(SCC(=O)OCC)c5c3OC(C)(C)O5)OC(C)(C)O4)(c3c4c(c(SCC(=O)OCC)c5c3SC(C)(C)S5)SC(C)(C)S4)c3c4c(c(SCC(=O)OCC)c5c3SC(C)(C)S5)SC(C)(C)S4)(c3c4c(c(SCC(=O)OCC)c5c3SC(C)(C)S5)SC(C)(C)S4)c3c4c(c(SCC(=O)OCC)c5c3SC(C)(C)S5)SC(C)(C)S4)c3c1OC(C)(C)O3)OC(C)(C)O2. The lowest BCUT2D eigenvalue weighted by molar-refractivity contribution is -0.140. The van der Waals surface area contributed by atoms with Crippen LogP contribution in [-0.4, -0.2) is 166 Å². The number of carbonyl (C=O) groups is 6. The lowest BCUT2D eigenvalue weighted by Gasteiger charge is -2.50.